The molecule has 1 aromatic carbocycles. The lowest BCUT2D eigenvalue weighted by Gasteiger charge is -2.12. The first-order chi connectivity index (χ1) is 14.2. The van der Waals surface area contributed by atoms with Crippen LogP contribution in [0, 0.1) is 6.92 Å². The number of fused-ring (bicyclic) bond motifs is 1. The van der Waals surface area contributed by atoms with Crippen molar-refractivity contribution in [2.45, 2.75) is 45.1 Å². The molecule has 148 valence electrons. The van der Waals surface area contributed by atoms with E-state index < -0.39 is 0 Å². The molecule has 0 atom stereocenters. The summed E-state index contributed by atoms with van der Waals surface area (Å²) >= 11 is 0. The lowest BCUT2D eigenvalue weighted by molar-refractivity contribution is 0.273. The van der Waals surface area contributed by atoms with E-state index in [1.54, 1.807) is 4.68 Å². The van der Waals surface area contributed by atoms with Gasteiger partial charge >= 0.3 is 0 Å². The Morgan fingerprint density at radius 1 is 1.10 bits per heavy atom. The smallest absolute Gasteiger partial charge is 0.237 e. The van der Waals surface area contributed by atoms with E-state index in [0.717, 1.165) is 46.8 Å². The number of hydrogen-bond donors (Lipinski definition) is 0. The van der Waals surface area contributed by atoms with Crippen LogP contribution in [0.4, 0.5) is 0 Å². The summed E-state index contributed by atoms with van der Waals surface area (Å²) in [7, 11) is 1.86. The van der Waals surface area contributed by atoms with E-state index >= 15 is 0 Å². The third-order valence-corrected chi connectivity index (χ3v) is 5.66. The Balaban J connectivity index is 1.65. The molecule has 1 aliphatic carbocycles. The maximum atomic E-state index is 6.19. The van der Waals surface area contributed by atoms with Crippen molar-refractivity contribution >= 4 is 5.52 Å². The van der Waals surface area contributed by atoms with Crippen LogP contribution < -0.4 is 4.74 Å². The molecular formula is C21H23N7O. The Bertz CT molecular complexity index is 1140. The second-order valence-electron chi connectivity index (χ2n) is 7.52. The first kappa shape index (κ1) is 17.8. The lowest BCUT2D eigenvalue weighted by Crippen LogP contribution is -2.06. The highest BCUT2D eigenvalue weighted by Gasteiger charge is 2.29. The van der Waals surface area contributed by atoms with E-state index in [1.807, 2.05) is 48.8 Å². The molecule has 0 radical (unpaired) electrons. The van der Waals surface area contributed by atoms with Gasteiger partial charge in [0.15, 0.2) is 11.6 Å². The molecular weight excluding hydrogens is 366 g/mol. The molecule has 0 unspecified atom stereocenters. The van der Waals surface area contributed by atoms with Gasteiger partial charge in [-0.15, -0.1) is 10.2 Å². The van der Waals surface area contributed by atoms with Crippen LogP contribution in [0.5, 0.6) is 5.88 Å². The van der Waals surface area contributed by atoms with Gasteiger partial charge < -0.3 is 4.74 Å². The zero-order chi connectivity index (χ0) is 19.8. The molecule has 29 heavy (non-hydrogen) atoms. The minimum absolute atomic E-state index is 0.320. The monoisotopic (exact) mass is 389 g/mol. The first-order valence-electron chi connectivity index (χ1n) is 9.99. The third-order valence-electron chi connectivity index (χ3n) is 5.66. The molecule has 0 bridgehead atoms. The molecule has 1 fully saturated rings. The van der Waals surface area contributed by atoms with Crippen molar-refractivity contribution in [3.8, 4) is 17.3 Å². The number of aromatic nitrogens is 7. The standard InChI is InChI=1S/C21H23N7O/c1-14-19-18(15-8-6-7-9-15)21(29-12-17-22-13-23-27(17)2)26-28(19)20(25-24-14)16-10-4-3-5-11-16/h3-5,10-11,13,15H,6-9,12H2,1-2H3. The number of aryl methyl sites for hydroxylation is 2. The third kappa shape index (κ3) is 3.14. The highest BCUT2D eigenvalue weighted by Crippen LogP contribution is 2.42. The molecule has 0 spiro atoms. The first-order valence-corrected chi connectivity index (χ1v) is 9.99. The van der Waals surface area contributed by atoms with E-state index in [4.69, 9.17) is 9.84 Å². The number of hydrogen-bond acceptors (Lipinski definition) is 6. The van der Waals surface area contributed by atoms with Crippen LogP contribution in [0.2, 0.25) is 0 Å². The molecule has 8 heteroatoms. The molecule has 4 aromatic rings. The van der Waals surface area contributed by atoms with E-state index in [-0.39, 0.29) is 0 Å². The Labute approximate surface area is 168 Å². The normalized spacial score (nSPS) is 14.7. The predicted octanol–water partition coefficient (Wildman–Crippen LogP) is 3.46. The van der Waals surface area contributed by atoms with Gasteiger partial charge in [-0.2, -0.15) is 10.2 Å². The van der Waals surface area contributed by atoms with Crippen molar-refractivity contribution in [2.75, 3.05) is 0 Å². The van der Waals surface area contributed by atoms with Crippen LogP contribution in [0.3, 0.4) is 0 Å². The lowest BCUT2D eigenvalue weighted by atomic mass is 9.98. The van der Waals surface area contributed by atoms with Crippen LogP contribution in [0.25, 0.3) is 16.9 Å². The largest absolute Gasteiger partial charge is 0.468 e. The molecule has 0 N–H and O–H groups in total. The Kier molecular flexibility index (Phi) is 4.46. The molecule has 3 heterocycles. The number of rotatable bonds is 5. The van der Waals surface area contributed by atoms with Crippen molar-refractivity contribution in [3.63, 3.8) is 0 Å². The number of ether oxygens (including phenoxy) is 1. The second-order valence-corrected chi connectivity index (χ2v) is 7.52. The van der Waals surface area contributed by atoms with Gasteiger partial charge in [-0.05, 0) is 25.7 Å². The van der Waals surface area contributed by atoms with Crippen molar-refractivity contribution < 1.29 is 4.74 Å². The maximum Gasteiger partial charge on any atom is 0.237 e. The summed E-state index contributed by atoms with van der Waals surface area (Å²) in [6.45, 7) is 2.31. The molecule has 1 saturated carbocycles. The second kappa shape index (κ2) is 7.27. The summed E-state index contributed by atoms with van der Waals surface area (Å²) in [6.07, 6.45) is 6.28. The quantitative estimate of drug-likeness (QED) is 0.520. The predicted molar refractivity (Wildman–Crippen MR) is 107 cm³/mol. The molecule has 3 aromatic heterocycles. The van der Waals surface area contributed by atoms with Crippen LogP contribution in [0.15, 0.2) is 36.7 Å². The van der Waals surface area contributed by atoms with Gasteiger partial charge in [-0.1, -0.05) is 43.2 Å². The van der Waals surface area contributed by atoms with Gasteiger partial charge in [0.2, 0.25) is 5.88 Å². The zero-order valence-electron chi connectivity index (χ0n) is 16.6. The van der Waals surface area contributed by atoms with Crippen molar-refractivity contribution in [3.05, 3.63) is 53.7 Å². The molecule has 5 rings (SSSR count). The molecule has 1 aliphatic rings. The van der Waals surface area contributed by atoms with Gasteiger partial charge in [-0.3, -0.25) is 4.68 Å². The van der Waals surface area contributed by atoms with Crippen LogP contribution in [0.1, 0.15) is 48.7 Å². The van der Waals surface area contributed by atoms with E-state index in [1.165, 1.54) is 19.2 Å². The Morgan fingerprint density at radius 2 is 1.90 bits per heavy atom. The summed E-state index contributed by atoms with van der Waals surface area (Å²) in [5.41, 5.74) is 4.01. The average Bonchev–Trinajstić information content (AvgIpc) is 3.47. The van der Waals surface area contributed by atoms with Gasteiger partial charge in [0.25, 0.3) is 0 Å². The van der Waals surface area contributed by atoms with E-state index in [2.05, 4.69) is 20.3 Å². The molecule has 0 amide bonds. The topological polar surface area (TPSA) is 83.0 Å². The Morgan fingerprint density at radius 3 is 2.62 bits per heavy atom. The summed E-state index contributed by atoms with van der Waals surface area (Å²) in [6, 6.07) is 10.0. The van der Waals surface area contributed by atoms with Crippen molar-refractivity contribution in [1.29, 1.82) is 0 Å². The van der Waals surface area contributed by atoms with Crippen molar-refractivity contribution in [2.24, 2.45) is 7.05 Å². The Hall–Kier alpha value is -3.29. The maximum absolute atomic E-state index is 6.19. The van der Waals surface area contributed by atoms with E-state index in [9.17, 15) is 0 Å². The van der Waals surface area contributed by atoms with Crippen LogP contribution in [-0.2, 0) is 13.7 Å². The van der Waals surface area contributed by atoms with Crippen LogP contribution >= 0.6 is 0 Å². The number of benzene rings is 1. The van der Waals surface area contributed by atoms with Gasteiger partial charge in [0, 0.05) is 18.2 Å². The van der Waals surface area contributed by atoms with Gasteiger partial charge in [0.05, 0.1) is 11.2 Å². The van der Waals surface area contributed by atoms with Crippen molar-refractivity contribution in [1.82, 2.24) is 34.6 Å². The highest BCUT2D eigenvalue weighted by atomic mass is 16.5. The van der Waals surface area contributed by atoms with Gasteiger partial charge in [-0.25, -0.2) is 9.50 Å². The van der Waals surface area contributed by atoms with Gasteiger partial charge in [0.1, 0.15) is 12.9 Å². The fraction of sp³-hybridized carbons (Fsp3) is 0.381. The van der Waals surface area contributed by atoms with E-state index in [0.29, 0.717) is 18.4 Å². The average molecular weight is 389 g/mol. The fourth-order valence-electron chi connectivity index (χ4n) is 4.16. The molecule has 0 saturated heterocycles. The molecule has 0 aliphatic heterocycles. The minimum atomic E-state index is 0.320. The fourth-order valence-corrected chi connectivity index (χ4v) is 4.16. The highest BCUT2D eigenvalue weighted by molar-refractivity contribution is 5.68. The van der Waals surface area contributed by atoms with Crippen LogP contribution in [-0.4, -0.2) is 34.6 Å². The summed E-state index contributed by atoms with van der Waals surface area (Å²) < 4.78 is 9.81. The number of nitrogens with zero attached hydrogens (tertiary/aromatic N) is 7. The summed E-state index contributed by atoms with van der Waals surface area (Å²) in [5.74, 6) is 2.55. The zero-order valence-corrected chi connectivity index (χ0v) is 16.6. The summed E-state index contributed by atoms with van der Waals surface area (Å²) in [4.78, 5) is 4.26. The minimum Gasteiger partial charge on any atom is -0.468 e. The summed E-state index contributed by atoms with van der Waals surface area (Å²) in [5, 5.41) is 17.9. The SMILES string of the molecule is Cc1nnc(-c2ccccc2)n2nc(OCc3ncnn3C)c(C3CCCC3)c12. The molecule has 8 nitrogen and oxygen atoms in total.